The van der Waals surface area contributed by atoms with Gasteiger partial charge in [-0.15, -0.1) is 0 Å². The van der Waals surface area contributed by atoms with Crippen molar-refractivity contribution in [1.29, 1.82) is 0 Å². The van der Waals surface area contributed by atoms with Crippen LogP contribution in [0.1, 0.15) is 22.3 Å². The van der Waals surface area contributed by atoms with Crippen LogP contribution in [0.25, 0.3) is 21.8 Å². The smallest absolute Gasteiger partial charge is 0.0497 e. The molecule has 1 nitrogen and oxygen atoms in total. The Morgan fingerprint density at radius 3 is 1.35 bits per heavy atom. The molecular formula is C16H17N. The molecule has 0 spiro atoms. The maximum Gasteiger partial charge on any atom is 0.0497 e. The first-order chi connectivity index (χ1) is 8.09. The third kappa shape index (κ3) is 1.32. The lowest BCUT2D eigenvalue weighted by Gasteiger charge is -2.02. The summed E-state index contributed by atoms with van der Waals surface area (Å²) in [6.07, 6.45) is 0. The fourth-order valence-electron chi connectivity index (χ4n) is 2.71. The summed E-state index contributed by atoms with van der Waals surface area (Å²) in [5, 5.41) is 2.78. The average molecular weight is 223 g/mol. The fourth-order valence-corrected chi connectivity index (χ4v) is 2.71. The van der Waals surface area contributed by atoms with Gasteiger partial charge in [0.1, 0.15) is 0 Å². The van der Waals surface area contributed by atoms with Gasteiger partial charge in [-0.25, -0.2) is 0 Å². The van der Waals surface area contributed by atoms with Crippen molar-refractivity contribution >= 4 is 21.8 Å². The monoisotopic (exact) mass is 223 g/mol. The Morgan fingerprint density at radius 1 is 0.588 bits per heavy atom. The molecule has 0 bridgehead atoms. The molecule has 3 rings (SSSR count). The molecule has 2 aromatic carbocycles. The molecule has 1 heteroatoms. The van der Waals surface area contributed by atoms with Crippen LogP contribution in [0.2, 0.25) is 0 Å². The zero-order valence-corrected chi connectivity index (χ0v) is 10.8. The van der Waals surface area contributed by atoms with E-state index in [2.05, 4.69) is 56.9 Å². The number of benzene rings is 2. The van der Waals surface area contributed by atoms with E-state index < -0.39 is 0 Å². The van der Waals surface area contributed by atoms with Gasteiger partial charge in [-0.05, 0) is 49.9 Å². The van der Waals surface area contributed by atoms with E-state index in [1.54, 1.807) is 0 Å². The molecule has 0 aliphatic rings. The molecule has 86 valence electrons. The van der Waals surface area contributed by atoms with Gasteiger partial charge in [0, 0.05) is 21.8 Å². The van der Waals surface area contributed by atoms with Crippen molar-refractivity contribution in [2.24, 2.45) is 0 Å². The number of hydrogen-bond donors (Lipinski definition) is 1. The number of hydrogen-bond acceptors (Lipinski definition) is 0. The zero-order chi connectivity index (χ0) is 12.2. The normalized spacial score (nSPS) is 11.5. The van der Waals surface area contributed by atoms with Crippen molar-refractivity contribution in [3.63, 3.8) is 0 Å². The number of aromatic amines is 1. The summed E-state index contributed by atoms with van der Waals surface area (Å²) in [5.41, 5.74) is 7.92. The van der Waals surface area contributed by atoms with Crippen LogP contribution in [0.4, 0.5) is 0 Å². The van der Waals surface area contributed by atoms with Crippen LogP contribution in [-0.4, -0.2) is 4.98 Å². The third-order valence-corrected chi connectivity index (χ3v) is 3.74. The standard InChI is InChI=1S/C16H17N/c1-9-5-7-11(3)15-13(9)14-10(2)6-8-12(4)16(14)17-15/h5-8,17H,1-4H3. The first-order valence-electron chi connectivity index (χ1n) is 6.07. The lowest BCUT2D eigenvalue weighted by atomic mass is 10.0. The molecule has 0 aliphatic carbocycles. The Bertz CT molecular complexity index is 670. The molecule has 0 unspecified atom stereocenters. The second kappa shape index (κ2) is 3.36. The minimum Gasteiger partial charge on any atom is -0.354 e. The van der Waals surface area contributed by atoms with Gasteiger partial charge in [0.25, 0.3) is 0 Å². The lowest BCUT2D eigenvalue weighted by molar-refractivity contribution is 1.40. The van der Waals surface area contributed by atoms with Gasteiger partial charge in [0.05, 0.1) is 0 Å². The van der Waals surface area contributed by atoms with Crippen molar-refractivity contribution in [3.8, 4) is 0 Å². The van der Waals surface area contributed by atoms with E-state index in [0.717, 1.165) is 0 Å². The molecular weight excluding hydrogens is 206 g/mol. The summed E-state index contributed by atoms with van der Waals surface area (Å²) in [5.74, 6) is 0. The highest BCUT2D eigenvalue weighted by molar-refractivity contribution is 6.12. The minimum absolute atomic E-state index is 1.29. The van der Waals surface area contributed by atoms with Gasteiger partial charge >= 0.3 is 0 Å². The molecule has 0 fully saturated rings. The summed E-state index contributed by atoms with van der Waals surface area (Å²) in [4.78, 5) is 3.60. The molecule has 1 aromatic heterocycles. The molecule has 3 aromatic rings. The van der Waals surface area contributed by atoms with Crippen molar-refractivity contribution in [2.75, 3.05) is 0 Å². The molecule has 17 heavy (non-hydrogen) atoms. The maximum atomic E-state index is 3.60. The van der Waals surface area contributed by atoms with E-state index in [1.807, 2.05) is 0 Å². The van der Waals surface area contributed by atoms with Gasteiger partial charge < -0.3 is 4.98 Å². The molecule has 0 radical (unpaired) electrons. The Balaban J connectivity index is 2.69. The van der Waals surface area contributed by atoms with E-state index in [0.29, 0.717) is 0 Å². The Kier molecular flexibility index (Phi) is 2.06. The zero-order valence-electron chi connectivity index (χ0n) is 10.8. The molecule has 1 N–H and O–H groups in total. The van der Waals surface area contributed by atoms with Crippen LogP contribution >= 0.6 is 0 Å². The van der Waals surface area contributed by atoms with Gasteiger partial charge in [0.15, 0.2) is 0 Å². The van der Waals surface area contributed by atoms with Crippen molar-refractivity contribution in [3.05, 3.63) is 46.5 Å². The first-order valence-corrected chi connectivity index (χ1v) is 6.07. The number of fused-ring (bicyclic) bond motifs is 3. The number of aromatic nitrogens is 1. The second-order valence-electron chi connectivity index (χ2n) is 5.02. The van der Waals surface area contributed by atoms with Crippen molar-refractivity contribution in [1.82, 2.24) is 4.98 Å². The Labute approximate surface area is 101 Å². The topological polar surface area (TPSA) is 15.8 Å². The van der Waals surface area contributed by atoms with Crippen LogP contribution < -0.4 is 0 Å². The number of H-pyrrole nitrogens is 1. The van der Waals surface area contributed by atoms with E-state index in [1.165, 1.54) is 44.1 Å². The number of aryl methyl sites for hydroxylation is 4. The van der Waals surface area contributed by atoms with Crippen LogP contribution in [0.15, 0.2) is 24.3 Å². The molecule has 1 heterocycles. The molecule has 0 atom stereocenters. The number of rotatable bonds is 0. The summed E-state index contributed by atoms with van der Waals surface area (Å²) < 4.78 is 0. The summed E-state index contributed by atoms with van der Waals surface area (Å²) >= 11 is 0. The summed E-state index contributed by atoms with van der Waals surface area (Å²) in [6, 6.07) is 8.81. The average Bonchev–Trinajstić information content (AvgIpc) is 2.71. The third-order valence-electron chi connectivity index (χ3n) is 3.74. The second-order valence-corrected chi connectivity index (χ2v) is 5.02. The van der Waals surface area contributed by atoms with Crippen LogP contribution in [0, 0.1) is 27.7 Å². The SMILES string of the molecule is Cc1ccc(C)c2c1[nH]c1c(C)ccc(C)c12. The van der Waals surface area contributed by atoms with E-state index in [-0.39, 0.29) is 0 Å². The molecule has 0 amide bonds. The highest BCUT2D eigenvalue weighted by atomic mass is 14.7. The Morgan fingerprint density at radius 2 is 0.941 bits per heavy atom. The van der Waals surface area contributed by atoms with E-state index in [4.69, 9.17) is 0 Å². The summed E-state index contributed by atoms with van der Waals surface area (Å²) in [7, 11) is 0. The highest BCUT2D eigenvalue weighted by Gasteiger charge is 2.11. The fraction of sp³-hybridized carbons (Fsp3) is 0.250. The quantitative estimate of drug-likeness (QED) is 0.575. The predicted molar refractivity (Wildman–Crippen MR) is 74.8 cm³/mol. The molecule has 0 aliphatic heterocycles. The molecule has 0 saturated heterocycles. The van der Waals surface area contributed by atoms with Crippen molar-refractivity contribution < 1.29 is 0 Å². The van der Waals surface area contributed by atoms with Gasteiger partial charge in [-0.1, -0.05) is 24.3 Å². The maximum absolute atomic E-state index is 3.60. The first kappa shape index (κ1) is 10.4. The van der Waals surface area contributed by atoms with Crippen molar-refractivity contribution in [2.45, 2.75) is 27.7 Å². The van der Waals surface area contributed by atoms with Gasteiger partial charge in [-0.2, -0.15) is 0 Å². The minimum atomic E-state index is 1.29. The predicted octanol–water partition coefficient (Wildman–Crippen LogP) is 4.55. The lowest BCUT2D eigenvalue weighted by Crippen LogP contribution is -1.81. The van der Waals surface area contributed by atoms with E-state index in [9.17, 15) is 0 Å². The van der Waals surface area contributed by atoms with Crippen LogP contribution in [0.3, 0.4) is 0 Å². The van der Waals surface area contributed by atoms with Gasteiger partial charge in [-0.3, -0.25) is 0 Å². The van der Waals surface area contributed by atoms with E-state index >= 15 is 0 Å². The van der Waals surface area contributed by atoms with Gasteiger partial charge in [0.2, 0.25) is 0 Å². The largest absolute Gasteiger partial charge is 0.354 e. The van der Waals surface area contributed by atoms with Crippen LogP contribution in [-0.2, 0) is 0 Å². The summed E-state index contributed by atoms with van der Waals surface area (Å²) in [6.45, 7) is 8.72. The number of nitrogens with one attached hydrogen (secondary N) is 1. The molecule has 0 saturated carbocycles. The Hall–Kier alpha value is -1.76. The highest BCUT2D eigenvalue weighted by Crippen LogP contribution is 2.33. The van der Waals surface area contributed by atoms with Crippen LogP contribution in [0.5, 0.6) is 0 Å².